The van der Waals surface area contributed by atoms with Crippen LogP contribution < -0.4 is 45.1 Å². The standard InChI is InChI=1S/C42H45N5O5S2Si.C21H23ClN4O5S2/c1-30(55(2,3)4)46(33-16-6-5-7-17-33)28-43-42(48)44-29-47-39(53-37-25-23-32-15-9-11-19-35(32)41(37)47)21-12-20-38-45(26-13-27-54(49,50)51)40-34-18-10-8-14-31(34)22-24-36(40)52-38;1-13(20(29)30)26(15-5-3-14(22)4-6-15)12-23-17(27)11-25-9-10-33-18(25)8-7-16-19(28)24(2)21(32)31-16/h5-12,14-25,30H,13,26-29H2,1-4H3,(H2-,43,44,48,49,50,51);3-8,13H,9-12H2,1-2H3,(H,23,27)(H,29,30)/p-1/b;16-7-,18-8+. The average molecular weight is 1300 g/mol. The number of likely N-dealkylation sites (N-methyl/N-ethyl adjacent to an activating group) is 1. The number of thiocarbonyl (C=S) groups is 1. The summed E-state index contributed by atoms with van der Waals surface area (Å²) in [5, 5.41) is 26.9. The van der Waals surface area contributed by atoms with Crippen molar-refractivity contribution in [1.82, 2.24) is 25.8 Å². The van der Waals surface area contributed by atoms with Crippen LogP contribution in [0.15, 0.2) is 168 Å². The number of hydrogen-bond acceptors (Lipinski definition) is 17. The number of carbonyl (C=O) groups excluding carboxylic acids is 4. The van der Waals surface area contributed by atoms with Gasteiger partial charge in [0, 0.05) is 65.2 Å². The third-order valence-corrected chi connectivity index (χ3v) is 21.5. The highest BCUT2D eigenvalue weighted by Crippen LogP contribution is 2.44. The van der Waals surface area contributed by atoms with Gasteiger partial charge in [-0.2, -0.15) is 4.57 Å². The van der Waals surface area contributed by atoms with E-state index in [1.165, 1.54) is 23.8 Å². The van der Waals surface area contributed by atoms with Crippen molar-refractivity contribution in [3.05, 3.63) is 178 Å². The number of allylic oxidation sites excluding steroid dienone is 4. The van der Waals surface area contributed by atoms with Crippen LogP contribution in [0, 0.1) is 0 Å². The van der Waals surface area contributed by atoms with Crippen LogP contribution in [0.25, 0.3) is 37.8 Å². The topological polar surface area (TPSA) is 223 Å². The zero-order valence-corrected chi connectivity index (χ0v) is 54.3. The number of hydrogen-bond donors (Lipinski definition) is 3. The highest BCUT2D eigenvalue weighted by Gasteiger charge is 2.32. The number of urea groups is 1. The van der Waals surface area contributed by atoms with Gasteiger partial charge >= 0.3 is 6.03 Å². The number of thioether (sulfide) groups is 1. The molecule has 2 saturated heterocycles. The van der Waals surface area contributed by atoms with E-state index in [1.807, 2.05) is 94.8 Å². The molecule has 3 aliphatic rings. The van der Waals surface area contributed by atoms with Gasteiger partial charge in [0.2, 0.25) is 24.0 Å². The zero-order chi connectivity index (χ0) is 62.9. The van der Waals surface area contributed by atoms with Crippen LogP contribution in [0.5, 0.6) is 5.75 Å². The lowest BCUT2D eigenvalue weighted by atomic mass is 10.1. The van der Waals surface area contributed by atoms with Crippen molar-refractivity contribution >= 4 is 149 Å². The number of aliphatic carboxylic acids is 1. The van der Waals surface area contributed by atoms with Crippen molar-refractivity contribution in [1.29, 1.82) is 0 Å². The van der Waals surface area contributed by atoms with Gasteiger partial charge < -0.3 is 54.2 Å². The number of benzene rings is 6. The predicted octanol–water partition coefficient (Wildman–Crippen LogP) is 9.08. The van der Waals surface area contributed by atoms with Gasteiger partial charge in [0.15, 0.2) is 11.5 Å². The van der Waals surface area contributed by atoms with Crippen LogP contribution in [-0.2, 0) is 35.9 Å². The Morgan fingerprint density at radius 1 is 0.830 bits per heavy atom. The number of ether oxygens (including phenoxy) is 2. The Balaban J connectivity index is 0.000000239. The number of nitrogens with one attached hydrogen (secondary N) is 3. The Labute approximate surface area is 531 Å². The number of anilines is 3. The third-order valence-electron chi connectivity index (χ3n) is 15.1. The minimum atomic E-state index is -4.37. The molecule has 2 atom stereocenters. The summed E-state index contributed by atoms with van der Waals surface area (Å²) >= 11 is 14.0. The number of carboxylic acid groups (broad SMARTS) is 1. The molecule has 3 N–H and O–H groups in total. The first-order chi connectivity index (χ1) is 42.0. The van der Waals surface area contributed by atoms with Gasteiger partial charge in [-0.3, -0.25) is 19.8 Å². The summed E-state index contributed by atoms with van der Waals surface area (Å²) < 4.78 is 49.2. The van der Waals surface area contributed by atoms with Crippen molar-refractivity contribution in [3.8, 4) is 5.75 Å². The molecule has 0 bridgehead atoms. The Hall–Kier alpha value is -7.97. The zero-order valence-electron chi connectivity index (χ0n) is 49.3. The minimum absolute atomic E-state index is 0.0220. The van der Waals surface area contributed by atoms with Crippen LogP contribution in [0.2, 0.25) is 24.7 Å². The summed E-state index contributed by atoms with van der Waals surface area (Å²) in [4.78, 5) is 58.4. The second-order valence-corrected chi connectivity index (χ2v) is 32.0. The van der Waals surface area contributed by atoms with Gasteiger partial charge in [0.1, 0.15) is 4.70 Å². The molecule has 10 rings (SSSR count). The number of nitrogens with zero attached hydrogens (tertiary/aromatic N) is 6. The molecule has 4 heterocycles. The molecule has 0 radical (unpaired) electrons. The van der Waals surface area contributed by atoms with Gasteiger partial charge in [-0.25, -0.2) is 13.2 Å². The Kier molecular flexibility index (Phi) is 20.9. The molecule has 19 nitrogen and oxygen atoms in total. The van der Waals surface area contributed by atoms with Gasteiger partial charge in [-0.1, -0.05) is 115 Å². The number of rotatable bonds is 21. The summed E-state index contributed by atoms with van der Waals surface area (Å²) in [6, 6.07) is 39.9. The van der Waals surface area contributed by atoms with Gasteiger partial charge in [0.05, 0.1) is 66.2 Å². The molecule has 3 aliphatic heterocycles. The van der Waals surface area contributed by atoms with Crippen LogP contribution in [0.4, 0.5) is 21.9 Å². The number of carbonyl (C=O) groups is 4. The fraction of sp³-hybridized carbons (Fsp3) is 0.270. The number of amides is 4. The lowest BCUT2D eigenvalue weighted by Crippen LogP contribution is -2.55. The smallest absolute Gasteiger partial charge is 0.320 e. The molecule has 4 amide bonds. The lowest BCUT2D eigenvalue weighted by molar-refractivity contribution is -0.671. The SMILES string of the molecule is CC(C(=O)[O-])N(CNC(=O)CN1CCS/C1=C/C=C1\OC(=S)N(C)C1=O)c1ccc(Cl)cc1.CC(N(CNC(=O)NC[n+]1c(/C=C/C=C2\Oc3ccc4ccccc4c3N2CCCS(=O)(=O)[O-])sc2ccc3ccccc3c21)c1ccccc1)[Si](C)(C)C. The number of para-hydroxylation sites is 1. The fourth-order valence-electron chi connectivity index (χ4n) is 9.99. The molecular formula is C63H67ClN9O10S4Si-. The number of halogens is 1. The van der Waals surface area contributed by atoms with Crippen LogP contribution in [-0.4, -0.2) is 123 Å². The van der Waals surface area contributed by atoms with Gasteiger partial charge in [-0.15, -0.1) is 11.8 Å². The molecule has 2 fully saturated rings. The molecule has 25 heteroatoms. The summed E-state index contributed by atoms with van der Waals surface area (Å²) in [6.07, 6.45) is 9.16. The molecular weight excluding hydrogens is 1230 g/mol. The first kappa shape index (κ1) is 64.5. The molecule has 0 spiro atoms. The highest BCUT2D eigenvalue weighted by atomic mass is 35.5. The predicted molar refractivity (Wildman–Crippen MR) is 354 cm³/mol. The van der Waals surface area contributed by atoms with Crippen molar-refractivity contribution in [2.45, 2.75) is 58.3 Å². The maximum atomic E-state index is 13.5. The third kappa shape index (κ3) is 15.8. The van der Waals surface area contributed by atoms with Crippen molar-refractivity contribution in [2.75, 3.05) is 66.2 Å². The Morgan fingerprint density at radius 3 is 2.17 bits per heavy atom. The molecule has 2 unspecified atom stereocenters. The van der Waals surface area contributed by atoms with Gasteiger partial charge in [-0.05, 0) is 122 Å². The molecule has 7 aromatic rings. The van der Waals surface area contributed by atoms with Gasteiger partial charge in [0.25, 0.3) is 16.1 Å². The molecule has 88 heavy (non-hydrogen) atoms. The molecule has 1 aromatic heterocycles. The van der Waals surface area contributed by atoms with Crippen molar-refractivity contribution < 1.29 is 51.3 Å². The first-order valence-electron chi connectivity index (χ1n) is 28.3. The summed E-state index contributed by atoms with van der Waals surface area (Å²) in [5.41, 5.74) is 3.80. The maximum absolute atomic E-state index is 13.5. The summed E-state index contributed by atoms with van der Waals surface area (Å²) in [6.45, 7) is 12.3. The molecule has 6 aromatic carbocycles. The largest absolute Gasteiger partial charge is 0.748 e. The second-order valence-electron chi connectivity index (χ2n) is 22.0. The van der Waals surface area contributed by atoms with E-state index in [-0.39, 0.29) is 67.3 Å². The van der Waals surface area contributed by atoms with E-state index in [2.05, 4.69) is 88.4 Å². The van der Waals surface area contributed by atoms with E-state index in [1.54, 1.807) is 59.5 Å². The minimum Gasteiger partial charge on any atom is -0.748 e. The molecule has 460 valence electrons. The number of carboxylic acids is 1. The van der Waals surface area contributed by atoms with Crippen LogP contribution >= 0.6 is 46.9 Å². The maximum Gasteiger partial charge on any atom is 0.320 e. The van der Waals surface area contributed by atoms with Crippen molar-refractivity contribution in [2.24, 2.45) is 0 Å². The number of fused-ring (bicyclic) bond motifs is 6. The summed E-state index contributed by atoms with van der Waals surface area (Å²) in [7, 11) is -4.42. The number of aromatic nitrogens is 1. The van der Waals surface area contributed by atoms with E-state index in [0.717, 1.165) is 58.9 Å². The first-order valence-corrected chi connectivity index (χ1v) is 36.0. The second kappa shape index (κ2) is 28.5. The van der Waals surface area contributed by atoms with Crippen molar-refractivity contribution in [3.63, 3.8) is 0 Å². The molecule has 0 saturated carbocycles. The Bertz CT molecular complexity index is 4010. The average Bonchev–Trinajstić information content (AvgIpc) is 2.40. The fourth-order valence-corrected chi connectivity index (χ4v) is 14.1. The van der Waals surface area contributed by atoms with E-state index < -0.39 is 36.0 Å². The van der Waals surface area contributed by atoms with E-state index in [9.17, 15) is 37.3 Å². The highest BCUT2D eigenvalue weighted by molar-refractivity contribution is 8.03. The van der Waals surface area contributed by atoms with E-state index >= 15 is 0 Å². The van der Waals surface area contributed by atoms with Crippen LogP contribution in [0.3, 0.4) is 0 Å². The number of thiazole rings is 1. The Morgan fingerprint density at radius 2 is 1.49 bits per heavy atom. The summed E-state index contributed by atoms with van der Waals surface area (Å²) in [5.74, 6) is -0.241. The lowest BCUT2D eigenvalue weighted by Gasteiger charge is -2.38. The molecule has 0 aliphatic carbocycles. The normalized spacial score (nSPS) is 16.3. The monoisotopic (exact) mass is 1300 g/mol. The van der Waals surface area contributed by atoms with Crippen LogP contribution in [0.1, 0.15) is 25.3 Å². The van der Waals surface area contributed by atoms with E-state index in [4.69, 9.17) is 33.3 Å². The van der Waals surface area contributed by atoms with E-state index in [0.29, 0.717) is 35.6 Å². The quantitative estimate of drug-likeness (QED) is 0.0152.